The van der Waals surface area contributed by atoms with Crippen LogP contribution >= 0.6 is 0 Å². The molecule has 0 fully saturated rings. The van der Waals surface area contributed by atoms with Gasteiger partial charge in [-0.25, -0.2) is 4.79 Å². The number of hydrogen-bond acceptors (Lipinski definition) is 2. The highest BCUT2D eigenvalue weighted by Gasteiger charge is 2.25. The van der Waals surface area contributed by atoms with Gasteiger partial charge in [0.05, 0.1) is 5.56 Å². The predicted molar refractivity (Wildman–Crippen MR) is 103 cm³/mol. The molecule has 0 bridgehead atoms. The van der Waals surface area contributed by atoms with Gasteiger partial charge in [0.1, 0.15) is 5.76 Å². The van der Waals surface area contributed by atoms with Crippen molar-refractivity contribution in [3.8, 4) is 0 Å². The number of fused-ring (bicyclic) bond motifs is 1. The number of esters is 1. The number of benzene rings is 2. The van der Waals surface area contributed by atoms with Gasteiger partial charge in [-0.1, -0.05) is 67.3 Å². The van der Waals surface area contributed by atoms with Crippen LogP contribution < -0.4 is 0 Å². The molecule has 0 aliphatic heterocycles. The van der Waals surface area contributed by atoms with E-state index in [9.17, 15) is 4.79 Å². The van der Waals surface area contributed by atoms with E-state index in [4.69, 9.17) is 4.74 Å². The number of rotatable bonds is 5. The lowest BCUT2D eigenvalue weighted by atomic mass is 9.81. The van der Waals surface area contributed by atoms with E-state index in [2.05, 4.69) is 13.2 Å². The average molecular weight is 328 g/mol. The molecule has 0 N–H and O–H groups in total. The summed E-state index contributed by atoms with van der Waals surface area (Å²) < 4.78 is 5.74. The van der Waals surface area contributed by atoms with Gasteiger partial charge < -0.3 is 4.74 Å². The van der Waals surface area contributed by atoms with E-state index < -0.39 is 0 Å². The van der Waals surface area contributed by atoms with Gasteiger partial charge in [0.25, 0.3) is 0 Å². The zero-order valence-electron chi connectivity index (χ0n) is 14.0. The highest BCUT2D eigenvalue weighted by molar-refractivity contribution is 5.95. The highest BCUT2D eigenvalue weighted by Crippen LogP contribution is 2.39. The van der Waals surface area contributed by atoms with Gasteiger partial charge in [0.2, 0.25) is 0 Å². The molecule has 1 atom stereocenters. The fraction of sp³-hybridized carbons (Fsp3) is 0.0870. The second kappa shape index (κ2) is 7.63. The first-order valence-corrected chi connectivity index (χ1v) is 8.27. The van der Waals surface area contributed by atoms with E-state index >= 15 is 0 Å². The van der Waals surface area contributed by atoms with E-state index in [0.29, 0.717) is 11.3 Å². The van der Waals surface area contributed by atoms with Crippen molar-refractivity contribution in [2.45, 2.75) is 6.42 Å². The van der Waals surface area contributed by atoms with E-state index in [-0.39, 0.29) is 11.9 Å². The first kappa shape index (κ1) is 16.7. The van der Waals surface area contributed by atoms with E-state index in [1.54, 1.807) is 18.2 Å². The van der Waals surface area contributed by atoms with Crippen LogP contribution in [0, 0.1) is 5.92 Å². The lowest BCUT2D eigenvalue weighted by molar-refractivity contribution is 0.0691. The molecule has 0 radical (unpaired) electrons. The molecule has 3 rings (SSSR count). The van der Waals surface area contributed by atoms with Gasteiger partial charge in [-0.3, -0.25) is 0 Å². The van der Waals surface area contributed by atoms with E-state index in [1.807, 2.05) is 60.7 Å². The molecule has 124 valence electrons. The Morgan fingerprint density at radius 2 is 1.68 bits per heavy atom. The largest absolute Gasteiger partial charge is 0.423 e. The van der Waals surface area contributed by atoms with Crippen LogP contribution in [-0.4, -0.2) is 5.97 Å². The summed E-state index contributed by atoms with van der Waals surface area (Å²) in [6, 6.07) is 17.0. The van der Waals surface area contributed by atoms with Crippen molar-refractivity contribution >= 4 is 17.3 Å². The van der Waals surface area contributed by atoms with Gasteiger partial charge in [-0.15, -0.1) is 6.58 Å². The Bertz CT molecular complexity index is 857. The zero-order chi connectivity index (χ0) is 17.6. The van der Waals surface area contributed by atoms with Crippen LogP contribution in [0.5, 0.6) is 0 Å². The minimum absolute atomic E-state index is 0.101. The Labute approximate surface area is 148 Å². The number of allylic oxidation sites excluding steroid dienone is 5. The van der Waals surface area contributed by atoms with Crippen molar-refractivity contribution < 1.29 is 9.53 Å². The van der Waals surface area contributed by atoms with Crippen molar-refractivity contribution in [2.24, 2.45) is 5.92 Å². The van der Waals surface area contributed by atoms with Crippen molar-refractivity contribution in [3.05, 3.63) is 109 Å². The molecule has 0 aromatic heterocycles. The van der Waals surface area contributed by atoms with Gasteiger partial charge >= 0.3 is 5.97 Å². The molecule has 25 heavy (non-hydrogen) atoms. The normalized spacial score (nSPS) is 17.4. The van der Waals surface area contributed by atoms with Crippen LogP contribution in [0.2, 0.25) is 0 Å². The zero-order valence-corrected chi connectivity index (χ0v) is 14.0. The van der Waals surface area contributed by atoms with Crippen LogP contribution in [-0.2, 0) is 4.74 Å². The molecule has 0 spiro atoms. The second-order valence-corrected chi connectivity index (χ2v) is 5.82. The van der Waals surface area contributed by atoms with Crippen LogP contribution in [0.15, 0.2) is 92.1 Å². The Morgan fingerprint density at radius 1 is 1.00 bits per heavy atom. The highest BCUT2D eigenvalue weighted by atomic mass is 16.5. The van der Waals surface area contributed by atoms with Gasteiger partial charge in [-0.05, 0) is 35.8 Å². The molecular weight excluding hydrogens is 308 g/mol. The summed E-state index contributed by atoms with van der Waals surface area (Å²) in [5.41, 5.74) is 3.67. The van der Waals surface area contributed by atoms with Crippen LogP contribution in [0.3, 0.4) is 0 Å². The Morgan fingerprint density at radius 3 is 2.36 bits per heavy atom. The Kier molecular flexibility index (Phi) is 5.10. The first-order valence-electron chi connectivity index (χ1n) is 8.27. The SMILES string of the molecule is C=C/C=C1\c2ccccc2C(OC(=O)c2ccccc2)=CC1CC=C. The quantitative estimate of drug-likeness (QED) is 0.523. The number of carbonyl (C=O) groups is 1. The number of hydrogen-bond donors (Lipinski definition) is 0. The summed E-state index contributed by atoms with van der Waals surface area (Å²) in [5, 5.41) is 0. The monoisotopic (exact) mass is 328 g/mol. The maximum Gasteiger partial charge on any atom is 0.343 e. The molecule has 1 aliphatic rings. The van der Waals surface area contributed by atoms with Crippen molar-refractivity contribution in [3.63, 3.8) is 0 Å². The molecule has 0 saturated carbocycles. The average Bonchev–Trinajstić information content (AvgIpc) is 2.65. The summed E-state index contributed by atoms with van der Waals surface area (Å²) in [7, 11) is 0. The lowest BCUT2D eigenvalue weighted by Gasteiger charge is -2.26. The molecule has 0 saturated heterocycles. The standard InChI is InChI=1S/C23H20O2/c1-3-10-18-16-22(25-23(24)17-12-6-5-7-13-17)21-15-9-8-14-20(21)19(18)11-4-2/h3-9,11-16,18H,1-2,10H2/b19-11-. The maximum atomic E-state index is 12.5. The smallest absolute Gasteiger partial charge is 0.343 e. The Balaban J connectivity index is 2.01. The van der Waals surface area contributed by atoms with Crippen molar-refractivity contribution in [1.82, 2.24) is 0 Å². The molecule has 1 aliphatic carbocycles. The topological polar surface area (TPSA) is 26.3 Å². The minimum atomic E-state index is -0.352. The van der Waals surface area contributed by atoms with E-state index in [1.165, 1.54) is 0 Å². The molecule has 0 heterocycles. The molecule has 0 amide bonds. The van der Waals surface area contributed by atoms with Crippen LogP contribution in [0.1, 0.15) is 27.9 Å². The van der Waals surface area contributed by atoms with Gasteiger partial charge in [0.15, 0.2) is 0 Å². The van der Waals surface area contributed by atoms with Crippen LogP contribution in [0.25, 0.3) is 11.3 Å². The fourth-order valence-electron chi connectivity index (χ4n) is 3.05. The third-order valence-electron chi connectivity index (χ3n) is 4.19. The summed E-state index contributed by atoms with van der Waals surface area (Å²) in [6.07, 6.45) is 8.44. The number of carbonyl (C=O) groups excluding carboxylic acids is 1. The maximum absolute atomic E-state index is 12.5. The summed E-state index contributed by atoms with van der Waals surface area (Å²) in [6.45, 7) is 7.67. The molecule has 2 heteroatoms. The molecule has 2 nitrogen and oxygen atoms in total. The molecule has 1 unspecified atom stereocenters. The van der Waals surface area contributed by atoms with Crippen molar-refractivity contribution in [1.29, 1.82) is 0 Å². The summed E-state index contributed by atoms with van der Waals surface area (Å²) in [5.74, 6) is 0.344. The third kappa shape index (κ3) is 3.53. The third-order valence-corrected chi connectivity index (χ3v) is 4.19. The fourth-order valence-corrected chi connectivity index (χ4v) is 3.05. The van der Waals surface area contributed by atoms with E-state index in [0.717, 1.165) is 23.1 Å². The Hall–Kier alpha value is -3.13. The van der Waals surface area contributed by atoms with Crippen molar-refractivity contribution in [2.75, 3.05) is 0 Å². The van der Waals surface area contributed by atoms with Gasteiger partial charge in [-0.2, -0.15) is 0 Å². The van der Waals surface area contributed by atoms with Gasteiger partial charge in [0, 0.05) is 11.5 Å². The minimum Gasteiger partial charge on any atom is -0.423 e. The molecular formula is C23H20O2. The lowest BCUT2D eigenvalue weighted by Crippen LogP contribution is -2.13. The second-order valence-electron chi connectivity index (χ2n) is 5.82. The predicted octanol–water partition coefficient (Wildman–Crippen LogP) is 5.66. The summed E-state index contributed by atoms with van der Waals surface area (Å²) in [4.78, 5) is 12.5. The first-order chi connectivity index (χ1) is 12.2. The summed E-state index contributed by atoms with van der Waals surface area (Å²) >= 11 is 0. The molecule has 2 aromatic rings. The molecule has 2 aromatic carbocycles. The van der Waals surface area contributed by atoms with Crippen LogP contribution in [0.4, 0.5) is 0 Å². The number of ether oxygens (including phenoxy) is 1.